The lowest BCUT2D eigenvalue weighted by molar-refractivity contribution is -0.00521. The van der Waals surface area contributed by atoms with Gasteiger partial charge in [0.2, 0.25) is 0 Å². The lowest BCUT2D eigenvalue weighted by Crippen LogP contribution is -2.45. The van der Waals surface area contributed by atoms with Gasteiger partial charge in [-0.1, -0.05) is 30.3 Å². The first kappa shape index (κ1) is 21.2. The predicted molar refractivity (Wildman–Crippen MR) is 128 cm³/mol. The number of aryl methyl sites for hydroxylation is 1. The van der Waals surface area contributed by atoms with E-state index in [9.17, 15) is 9.90 Å². The van der Waals surface area contributed by atoms with Crippen molar-refractivity contribution in [3.05, 3.63) is 72.1 Å². The molecule has 4 aromatic rings. The number of hydrogen-bond donors (Lipinski definition) is 1. The minimum atomic E-state index is -1.07. The zero-order valence-electron chi connectivity index (χ0n) is 18.9. The topological polar surface area (TPSA) is 80.5 Å². The van der Waals surface area contributed by atoms with Crippen LogP contribution in [0.1, 0.15) is 30.0 Å². The van der Waals surface area contributed by atoms with Crippen molar-refractivity contribution in [1.82, 2.24) is 14.8 Å². The van der Waals surface area contributed by atoms with Gasteiger partial charge in [-0.2, -0.15) is 5.10 Å². The van der Waals surface area contributed by atoms with Gasteiger partial charge >= 0.3 is 5.97 Å². The molecule has 0 saturated carbocycles. The van der Waals surface area contributed by atoms with Gasteiger partial charge in [-0.25, -0.2) is 14.5 Å². The average Bonchev–Trinajstić information content (AvgIpc) is 3.15. The lowest BCUT2D eigenvalue weighted by Gasteiger charge is -2.36. The van der Waals surface area contributed by atoms with Crippen LogP contribution in [0.4, 0.5) is 5.69 Å². The fourth-order valence-electron chi connectivity index (χ4n) is 4.62. The molecule has 3 heterocycles. The van der Waals surface area contributed by atoms with Gasteiger partial charge in [-0.3, -0.25) is 0 Å². The summed E-state index contributed by atoms with van der Waals surface area (Å²) >= 11 is 0. The third-order valence-electron chi connectivity index (χ3n) is 6.00. The van der Waals surface area contributed by atoms with Crippen LogP contribution in [0.15, 0.2) is 60.7 Å². The van der Waals surface area contributed by atoms with Crippen molar-refractivity contribution >= 4 is 22.7 Å². The zero-order valence-corrected chi connectivity index (χ0v) is 18.9. The third kappa shape index (κ3) is 3.96. The van der Waals surface area contributed by atoms with Crippen LogP contribution in [0.25, 0.3) is 27.8 Å². The summed E-state index contributed by atoms with van der Waals surface area (Å²) in [6.45, 7) is 7.79. The highest BCUT2D eigenvalue weighted by atomic mass is 16.5. The molecule has 168 valence electrons. The lowest BCUT2D eigenvalue weighted by atomic mass is 10.0. The molecular weight excluding hydrogens is 416 g/mol. The van der Waals surface area contributed by atoms with Gasteiger partial charge in [-0.15, -0.1) is 0 Å². The molecule has 1 N–H and O–H groups in total. The number of aromatic nitrogens is 3. The van der Waals surface area contributed by atoms with Crippen LogP contribution >= 0.6 is 0 Å². The molecule has 5 rings (SSSR count). The van der Waals surface area contributed by atoms with Crippen molar-refractivity contribution in [2.24, 2.45) is 0 Å². The molecule has 7 nitrogen and oxygen atoms in total. The molecule has 0 spiro atoms. The first-order valence-electron chi connectivity index (χ1n) is 11.1. The number of aromatic carboxylic acids is 1. The molecule has 0 bridgehead atoms. The van der Waals surface area contributed by atoms with E-state index in [2.05, 4.69) is 35.9 Å². The maximum Gasteiger partial charge on any atom is 0.354 e. The van der Waals surface area contributed by atoms with Gasteiger partial charge in [0.1, 0.15) is 0 Å². The first-order chi connectivity index (χ1) is 15.9. The highest BCUT2D eigenvalue weighted by Gasteiger charge is 2.23. The molecule has 2 unspecified atom stereocenters. The summed E-state index contributed by atoms with van der Waals surface area (Å²) in [5.74, 6) is -1.07. The highest BCUT2D eigenvalue weighted by Crippen LogP contribution is 2.33. The normalized spacial score (nSPS) is 18.6. The molecule has 1 aliphatic heterocycles. The van der Waals surface area contributed by atoms with Crippen molar-refractivity contribution in [1.29, 1.82) is 0 Å². The largest absolute Gasteiger partial charge is 0.477 e. The number of benzene rings is 2. The van der Waals surface area contributed by atoms with Crippen LogP contribution in [0.5, 0.6) is 0 Å². The minimum Gasteiger partial charge on any atom is -0.477 e. The van der Waals surface area contributed by atoms with E-state index in [0.29, 0.717) is 5.65 Å². The van der Waals surface area contributed by atoms with Crippen molar-refractivity contribution in [3.8, 4) is 16.8 Å². The van der Waals surface area contributed by atoms with Gasteiger partial charge < -0.3 is 14.7 Å². The van der Waals surface area contributed by atoms with Crippen molar-refractivity contribution in [3.63, 3.8) is 0 Å². The Labute approximate surface area is 192 Å². The van der Waals surface area contributed by atoms with Gasteiger partial charge in [0, 0.05) is 18.8 Å². The molecule has 7 heteroatoms. The average molecular weight is 443 g/mol. The van der Waals surface area contributed by atoms with Crippen molar-refractivity contribution in [2.45, 2.75) is 33.0 Å². The molecular formula is C26H26N4O3. The van der Waals surface area contributed by atoms with E-state index in [1.165, 1.54) is 0 Å². The molecule has 0 radical (unpaired) electrons. The number of rotatable bonds is 4. The predicted octanol–water partition coefficient (Wildman–Crippen LogP) is 4.71. The second-order valence-corrected chi connectivity index (χ2v) is 8.60. The molecule has 33 heavy (non-hydrogen) atoms. The summed E-state index contributed by atoms with van der Waals surface area (Å²) in [6, 6.07) is 19.5. The highest BCUT2D eigenvalue weighted by molar-refractivity contribution is 6.00. The van der Waals surface area contributed by atoms with Gasteiger partial charge in [0.25, 0.3) is 0 Å². The molecule has 1 saturated heterocycles. The molecule has 2 aromatic heterocycles. The van der Waals surface area contributed by atoms with Crippen LogP contribution in [-0.2, 0) is 4.74 Å². The number of carboxylic acid groups (broad SMARTS) is 1. The number of anilines is 1. The first-order valence-corrected chi connectivity index (χ1v) is 11.1. The number of morpholine rings is 1. The Morgan fingerprint density at radius 3 is 2.30 bits per heavy atom. The molecule has 0 amide bonds. The van der Waals surface area contributed by atoms with Gasteiger partial charge in [-0.05, 0) is 62.2 Å². The maximum atomic E-state index is 11.9. The molecule has 1 aliphatic rings. The minimum absolute atomic E-state index is 0.00511. The summed E-state index contributed by atoms with van der Waals surface area (Å²) in [6.07, 6.45) is 0.357. The standard InChI is InChI=1S/C26H26N4O3/c1-16-14-29(15-17(2)33-16)20-11-9-19(10-12-20)22-13-23(26(31)32)27-25-24(22)18(3)28-30(25)21-7-5-4-6-8-21/h4-13,16-17H,14-15H2,1-3H3,(H,31,32). The Kier molecular flexibility index (Phi) is 5.34. The number of nitrogens with zero attached hydrogens (tertiary/aromatic N) is 4. The monoisotopic (exact) mass is 442 g/mol. The Bertz CT molecular complexity index is 1310. The Morgan fingerprint density at radius 2 is 1.67 bits per heavy atom. The van der Waals surface area contributed by atoms with Gasteiger partial charge in [0.05, 0.1) is 29.0 Å². The van der Waals surface area contributed by atoms with Crippen molar-refractivity contribution < 1.29 is 14.6 Å². The quantitative estimate of drug-likeness (QED) is 0.493. The molecule has 1 fully saturated rings. The summed E-state index contributed by atoms with van der Waals surface area (Å²) in [5.41, 5.74) is 5.03. The summed E-state index contributed by atoms with van der Waals surface area (Å²) in [7, 11) is 0. The van der Waals surface area contributed by atoms with Crippen LogP contribution < -0.4 is 4.90 Å². The summed E-state index contributed by atoms with van der Waals surface area (Å²) in [4.78, 5) is 18.7. The van der Waals surface area contributed by atoms with E-state index < -0.39 is 5.97 Å². The molecule has 2 aromatic carbocycles. The fraction of sp³-hybridized carbons (Fsp3) is 0.269. The van der Waals surface area contributed by atoms with Crippen LogP contribution in [0.2, 0.25) is 0 Å². The number of carbonyl (C=O) groups is 1. The van der Waals surface area contributed by atoms with Crippen LogP contribution in [-0.4, -0.2) is 51.1 Å². The van der Waals surface area contributed by atoms with E-state index in [0.717, 1.165) is 46.7 Å². The van der Waals surface area contributed by atoms with Crippen molar-refractivity contribution in [2.75, 3.05) is 18.0 Å². The summed E-state index contributed by atoms with van der Waals surface area (Å²) < 4.78 is 7.57. The SMILES string of the molecule is Cc1nn(-c2ccccc2)c2nc(C(=O)O)cc(-c3ccc(N4CC(C)OC(C)C4)cc3)c12. The number of hydrogen-bond acceptors (Lipinski definition) is 5. The second-order valence-electron chi connectivity index (χ2n) is 8.60. The van der Waals surface area contributed by atoms with Crippen LogP contribution in [0, 0.1) is 6.92 Å². The number of fused-ring (bicyclic) bond motifs is 1. The zero-order chi connectivity index (χ0) is 23.1. The Morgan fingerprint density at radius 1 is 1.00 bits per heavy atom. The molecule has 2 atom stereocenters. The number of para-hydroxylation sites is 1. The van der Waals surface area contributed by atoms with E-state index in [1.54, 1.807) is 10.7 Å². The smallest absolute Gasteiger partial charge is 0.354 e. The molecule has 0 aliphatic carbocycles. The second kappa shape index (κ2) is 8.33. The van der Waals surface area contributed by atoms with E-state index in [-0.39, 0.29) is 17.9 Å². The Hall–Kier alpha value is -3.71. The van der Waals surface area contributed by atoms with E-state index >= 15 is 0 Å². The Balaban J connectivity index is 1.62. The summed E-state index contributed by atoms with van der Waals surface area (Å²) in [5, 5.41) is 15.3. The fourth-order valence-corrected chi connectivity index (χ4v) is 4.62. The van der Waals surface area contributed by atoms with E-state index in [1.807, 2.05) is 49.4 Å². The van der Waals surface area contributed by atoms with Gasteiger partial charge in [0.15, 0.2) is 11.3 Å². The van der Waals surface area contributed by atoms with E-state index in [4.69, 9.17) is 9.84 Å². The number of ether oxygens (including phenoxy) is 1. The van der Waals surface area contributed by atoms with Crippen LogP contribution in [0.3, 0.4) is 0 Å². The number of pyridine rings is 1. The maximum absolute atomic E-state index is 11.9. The third-order valence-corrected chi connectivity index (χ3v) is 6.00. The number of carboxylic acids is 1.